The SMILES string of the molecule is NC1CCC(C(=O)C2=Cc3ccccc3NC2)C1. The van der Waals surface area contributed by atoms with Crippen molar-refractivity contribution in [3.8, 4) is 0 Å². The lowest BCUT2D eigenvalue weighted by Gasteiger charge is -2.19. The van der Waals surface area contributed by atoms with Gasteiger partial charge in [0.2, 0.25) is 0 Å². The second-order valence-corrected chi connectivity index (χ2v) is 5.24. The Morgan fingerprint density at radius 2 is 2.11 bits per heavy atom. The highest BCUT2D eigenvalue weighted by atomic mass is 16.1. The largest absolute Gasteiger partial charge is 0.380 e. The molecule has 0 saturated heterocycles. The van der Waals surface area contributed by atoms with Crippen LogP contribution in [0.4, 0.5) is 5.69 Å². The summed E-state index contributed by atoms with van der Waals surface area (Å²) < 4.78 is 0. The van der Waals surface area contributed by atoms with Gasteiger partial charge < -0.3 is 11.1 Å². The Hall–Kier alpha value is -1.61. The molecule has 1 aromatic carbocycles. The predicted molar refractivity (Wildman–Crippen MR) is 73.2 cm³/mol. The third kappa shape index (κ3) is 2.06. The second kappa shape index (κ2) is 4.58. The molecule has 0 spiro atoms. The van der Waals surface area contributed by atoms with E-state index >= 15 is 0 Å². The van der Waals surface area contributed by atoms with Crippen molar-refractivity contribution in [2.45, 2.75) is 25.3 Å². The Labute approximate surface area is 107 Å². The van der Waals surface area contributed by atoms with Gasteiger partial charge in [-0.2, -0.15) is 0 Å². The number of benzene rings is 1. The molecule has 3 heteroatoms. The number of Topliss-reactive ketones (excluding diaryl/α,β-unsaturated/α-hetero) is 1. The maximum atomic E-state index is 12.4. The number of hydrogen-bond acceptors (Lipinski definition) is 3. The zero-order chi connectivity index (χ0) is 12.5. The molecular weight excluding hydrogens is 224 g/mol. The summed E-state index contributed by atoms with van der Waals surface area (Å²) in [4.78, 5) is 12.4. The smallest absolute Gasteiger partial charge is 0.163 e. The van der Waals surface area contributed by atoms with Crippen LogP contribution >= 0.6 is 0 Å². The maximum absolute atomic E-state index is 12.4. The Morgan fingerprint density at radius 1 is 1.28 bits per heavy atom. The molecule has 2 atom stereocenters. The van der Waals surface area contributed by atoms with Gasteiger partial charge in [0.05, 0.1) is 0 Å². The van der Waals surface area contributed by atoms with Crippen LogP contribution < -0.4 is 11.1 Å². The number of nitrogens with two attached hydrogens (primary N) is 1. The molecule has 1 aliphatic heterocycles. The second-order valence-electron chi connectivity index (χ2n) is 5.24. The first-order chi connectivity index (χ1) is 8.74. The molecule has 0 amide bonds. The fourth-order valence-electron chi connectivity index (χ4n) is 2.89. The molecule has 1 saturated carbocycles. The number of fused-ring (bicyclic) bond motifs is 1. The number of nitrogens with one attached hydrogen (secondary N) is 1. The van der Waals surface area contributed by atoms with Crippen molar-refractivity contribution < 1.29 is 4.79 Å². The molecule has 94 valence electrons. The average Bonchev–Trinajstić information content (AvgIpc) is 2.84. The normalized spacial score (nSPS) is 26.2. The topological polar surface area (TPSA) is 55.1 Å². The Kier molecular flexibility index (Phi) is 2.92. The number of hydrogen-bond donors (Lipinski definition) is 2. The fourth-order valence-corrected chi connectivity index (χ4v) is 2.89. The highest BCUT2D eigenvalue weighted by Gasteiger charge is 2.30. The van der Waals surface area contributed by atoms with Crippen LogP contribution in [0.25, 0.3) is 6.08 Å². The molecule has 3 nitrogen and oxygen atoms in total. The van der Waals surface area contributed by atoms with Crippen LogP contribution in [0.2, 0.25) is 0 Å². The van der Waals surface area contributed by atoms with Crippen LogP contribution in [-0.4, -0.2) is 18.4 Å². The van der Waals surface area contributed by atoms with Gasteiger partial charge in [-0.05, 0) is 37.0 Å². The molecule has 1 heterocycles. The molecule has 0 radical (unpaired) electrons. The summed E-state index contributed by atoms with van der Waals surface area (Å²) in [5, 5.41) is 3.31. The van der Waals surface area contributed by atoms with Crippen molar-refractivity contribution in [2.75, 3.05) is 11.9 Å². The van der Waals surface area contributed by atoms with E-state index in [1.54, 1.807) is 0 Å². The van der Waals surface area contributed by atoms with Crippen molar-refractivity contribution >= 4 is 17.5 Å². The Balaban J connectivity index is 1.82. The lowest BCUT2D eigenvalue weighted by Crippen LogP contribution is -2.23. The van der Waals surface area contributed by atoms with Gasteiger partial charge >= 0.3 is 0 Å². The van der Waals surface area contributed by atoms with Crippen molar-refractivity contribution in [1.29, 1.82) is 0 Å². The van der Waals surface area contributed by atoms with E-state index in [4.69, 9.17) is 5.73 Å². The first kappa shape index (κ1) is 11.5. The number of carbonyl (C=O) groups excluding carboxylic acids is 1. The molecular formula is C15H18N2O. The Morgan fingerprint density at radius 3 is 2.89 bits per heavy atom. The molecule has 3 N–H and O–H groups in total. The Bertz CT molecular complexity index is 507. The van der Waals surface area contributed by atoms with Crippen LogP contribution in [-0.2, 0) is 4.79 Å². The maximum Gasteiger partial charge on any atom is 0.163 e. The average molecular weight is 242 g/mol. The zero-order valence-electron chi connectivity index (χ0n) is 10.4. The molecule has 3 rings (SSSR count). The van der Waals surface area contributed by atoms with E-state index in [9.17, 15) is 4.79 Å². The van der Waals surface area contributed by atoms with E-state index in [1.807, 2.05) is 30.3 Å². The van der Waals surface area contributed by atoms with Crippen molar-refractivity contribution in [1.82, 2.24) is 0 Å². The minimum Gasteiger partial charge on any atom is -0.380 e. The summed E-state index contributed by atoms with van der Waals surface area (Å²) in [5.74, 6) is 0.420. The monoisotopic (exact) mass is 242 g/mol. The van der Waals surface area contributed by atoms with Gasteiger partial charge in [-0.3, -0.25) is 4.79 Å². The van der Waals surface area contributed by atoms with Gasteiger partial charge in [0.25, 0.3) is 0 Å². The third-order valence-electron chi connectivity index (χ3n) is 3.92. The van der Waals surface area contributed by atoms with Crippen molar-refractivity contribution in [3.63, 3.8) is 0 Å². The summed E-state index contributed by atoms with van der Waals surface area (Å²) in [6.07, 6.45) is 4.79. The lowest BCUT2D eigenvalue weighted by atomic mass is 9.92. The van der Waals surface area contributed by atoms with Gasteiger partial charge in [0.15, 0.2) is 5.78 Å². The van der Waals surface area contributed by atoms with Crippen LogP contribution in [0.15, 0.2) is 29.8 Å². The molecule has 2 unspecified atom stereocenters. The van der Waals surface area contributed by atoms with Crippen LogP contribution in [0, 0.1) is 5.92 Å². The number of ketones is 1. The van der Waals surface area contributed by atoms with E-state index in [0.717, 1.165) is 36.1 Å². The first-order valence-corrected chi connectivity index (χ1v) is 6.57. The highest BCUT2D eigenvalue weighted by molar-refractivity contribution is 6.03. The summed E-state index contributed by atoms with van der Waals surface area (Å²) in [6, 6.07) is 8.29. The van der Waals surface area contributed by atoms with Gasteiger partial charge in [0.1, 0.15) is 0 Å². The van der Waals surface area contributed by atoms with Gasteiger partial charge in [-0.15, -0.1) is 0 Å². The fraction of sp³-hybridized carbons (Fsp3) is 0.400. The number of anilines is 1. The summed E-state index contributed by atoms with van der Waals surface area (Å²) in [5.41, 5.74) is 8.99. The molecule has 1 fully saturated rings. The molecule has 1 aromatic rings. The lowest BCUT2D eigenvalue weighted by molar-refractivity contribution is -0.118. The molecule has 1 aliphatic carbocycles. The minimum atomic E-state index is 0.137. The van der Waals surface area contributed by atoms with Gasteiger partial charge in [0, 0.05) is 29.8 Å². The van der Waals surface area contributed by atoms with E-state index < -0.39 is 0 Å². The quantitative estimate of drug-likeness (QED) is 0.836. The van der Waals surface area contributed by atoms with Crippen molar-refractivity contribution in [3.05, 3.63) is 35.4 Å². The van der Waals surface area contributed by atoms with Gasteiger partial charge in [-0.1, -0.05) is 18.2 Å². The summed E-state index contributed by atoms with van der Waals surface area (Å²) >= 11 is 0. The molecule has 0 aromatic heterocycles. The minimum absolute atomic E-state index is 0.137. The number of rotatable bonds is 2. The zero-order valence-corrected chi connectivity index (χ0v) is 10.4. The van der Waals surface area contributed by atoms with Gasteiger partial charge in [-0.25, -0.2) is 0 Å². The molecule has 2 aliphatic rings. The van der Waals surface area contributed by atoms with E-state index in [2.05, 4.69) is 5.32 Å². The van der Waals surface area contributed by atoms with E-state index in [-0.39, 0.29) is 17.7 Å². The van der Waals surface area contributed by atoms with E-state index in [0.29, 0.717) is 6.54 Å². The summed E-state index contributed by atoms with van der Waals surface area (Å²) in [7, 11) is 0. The first-order valence-electron chi connectivity index (χ1n) is 6.57. The van der Waals surface area contributed by atoms with E-state index in [1.165, 1.54) is 0 Å². The summed E-state index contributed by atoms with van der Waals surface area (Å²) in [6.45, 7) is 0.640. The standard InChI is InChI=1S/C15H18N2O/c16-13-6-5-11(8-13)15(18)12-7-10-3-1-2-4-14(10)17-9-12/h1-4,7,11,13,17H,5-6,8-9,16H2. The number of carbonyl (C=O) groups is 1. The van der Waals surface area contributed by atoms with Crippen molar-refractivity contribution in [2.24, 2.45) is 11.7 Å². The predicted octanol–water partition coefficient (Wildman–Crippen LogP) is 2.19. The number of para-hydroxylation sites is 1. The third-order valence-corrected chi connectivity index (χ3v) is 3.92. The molecule has 18 heavy (non-hydrogen) atoms. The highest BCUT2D eigenvalue weighted by Crippen LogP contribution is 2.30. The van der Waals surface area contributed by atoms with Crippen LogP contribution in [0.5, 0.6) is 0 Å². The van der Waals surface area contributed by atoms with Crippen LogP contribution in [0.1, 0.15) is 24.8 Å². The molecule has 0 bridgehead atoms. The van der Waals surface area contributed by atoms with Crippen LogP contribution in [0.3, 0.4) is 0 Å².